The molecule has 1 saturated heterocycles. The summed E-state index contributed by atoms with van der Waals surface area (Å²) >= 11 is 1.74. The van der Waals surface area contributed by atoms with Gasteiger partial charge in [0.25, 0.3) is 0 Å². The minimum atomic E-state index is 0.336. The first-order valence-electron chi connectivity index (χ1n) is 9.39. The molecule has 0 spiro atoms. The van der Waals surface area contributed by atoms with Crippen LogP contribution in [0, 0.1) is 13.8 Å². The van der Waals surface area contributed by atoms with Crippen molar-refractivity contribution in [3.05, 3.63) is 65.2 Å². The van der Waals surface area contributed by atoms with Gasteiger partial charge in [0.2, 0.25) is 0 Å². The Morgan fingerprint density at radius 3 is 2.70 bits per heavy atom. The number of thioether (sulfide) groups is 1. The van der Waals surface area contributed by atoms with E-state index in [1.165, 1.54) is 23.2 Å². The van der Waals surface area contributed by atoms with Gasteiger partial charge in [-0.3, -0.25) is 9.67 Å². The molecule has 27 heavy (non-hydrogen) atoms. The van der Waals surface area contributed by atoms with Crippen molar-refractivity contribution in [1.82, 2.24) is 19.7 Å². The van der Waals surface area contributed by atoms with Gasteiger partial charge in [0.15, 0.2) is 0 Å². The Kier molecular flexibility index (Phi) is 5.16. The first kappa shape index (κ1) is 18.0. The van der Waals surface area contributed by atoms with E-state index in [0.29, 0.717) is 6.04 Å². The van der Waals surface area contributed by atoms with Crippen molar-refractivity contribution in [2.45, 2.75) is 43.5 Å². The van der Waals surface area contributed by atoms with Crippen molar-refractivity contribution in [3.63, 3.8) is 0 Å². The highest BCUT2D eigenvalue weighted by Gasteiger charge is 2.31. The van der Waals surface area contributed by atoms with E-state index in [0.717, 1.165) is 35.3 Å². The molecule has 140 valence electrons. The minimum absolute atomic E-state index is 0.336. The highest BCUT2D eigenvalue weighted by Crippen LogP contribution is 2.38. The molecule has 5 nitrogen and oxygen atoms in total. The SMILES string of the molecule is Cc1nn(C)c(C)c1C1CCCN1c1cncc(SCc2ccccc2)n1. The van der Waals surface area contributed by atoms with E-state index in [2.05, 4.69) is 53.1 Å². The third-order valence-electron chi connectivity index (χ3n) is 5.27. The number of nitrogens with zero attached hydrogens (tertiary/aromatic N) is 5. The molecule has 6 heteroatoms. The zero-order valence-corrected chi connectivity index (χ0v) is 16.9. The standard InChI is InChI=1S/C21H25N5S/c1-15-21(16(2)25(3)24-15)18-10-7-11-26(18)19-12-22-13-20(23-19)27-14-17-8-5-4-6-9-17/h4-6,8-9,12-13,18H,7,10-11,14H2,1-3H3. The lowest BCUT2D eigenvalue weighted by Gasteiger charge is -2.26. The summed E-state index contributed by atoms with van der Waals surface area (Å²) in [6, 6.07) is 10.8. The van der Waals surface area contributed by atoms with Crippen molar-refractivity contribution in [2.24, 2.45) is 7.05 Å². The fourth-order valence-electron chi connectivity index (χ4n) is 3.89. The number of rotatable bonds is 5. The largest absolute Gasteiger partial charge is 0.348 e. The second-order valence-corrected chi connectivity index (χ2v) is 8.04. The highest BCUT2D eigenvalue weighted by atomic mass is 32.2. The van der Waals surface area contributed by atoms with Crippen LogP contribution in [0.25, 0.3) is 0 Å². The molecule has 1 unspecified atom stereocenters. The number of aromatic nitrogens is 4. The lowest BCUT2D eigenvalue weighted by Crippen LogP contribution is -2.24. The molecule has 3 aromatic rings. The molecule has 1 fully saturated rings. The van der Waals surface area contributed by atoms with E-state index in [-0.39, 0.29) is 0 Å². The zero-order valence-electron chi connectivity index (χ0n) is 16.1. The number of hydrogen-bond acceptors (Lipinski definition) is 5. The van der Waals surface area contributed by atoms with Gasteiger partial charge in [0.1, 0.15) is 10.8 Å². The number of hydrogen-bond donors (Lipinski definition) is 0. The minimum Gasteiger partial charge on any atom is -0.348 e. The van der Waals surface area contributed by atoms with Crippen LogP contribution < -0.4 is 4.90 Å². The maximum absolute atomic E-state index is 4.91. The van der Waals surface area contributed by atoms with Crippen LogP contribution >= 0.6 is 11.8 Å². The first-order chi connectivity index (χ1) is 13.1. The number of benzene rings is 1. The predicted octanol–water partition coefficient (Wildman–Crippen LogP) is 4.46. The molecule has 3 heterocycles. The van der Waals surface area contributed by atoms with Crippen LogP contribution in [0.5, 0.6) is 0 Å². The quantitative estimate of drug-likeness (QED) is 0.613. The molecule has 0 bridgehead atoms. The molecule has 2 aromatic heterocycles. The lowest BCUT2D eigenvalue weighted by molar-refractivity contribution is 0.689. The van der Waals surface area contributed by atoms with Crippen LogP contribution in [0.1, 0.15) is 41.4 Å². The Morgan fingerprint density at radius 2 is 1.96 bits per heavy atom. The van der Waals surface area contributed by atoms with Crippen LogP contribution in [0.15, 0.2) is 47.8 Å². The average molecular weight is 380 g/mol. The van der Waals surface area contributed by atoms with Crippen LogP contribution in [0.3, 0.4) is 0 Å². The van der Waals surface area contributed by atoms with E-state index in [1.54, 1.807) is 11.8 Å². The monoisotopic (exact) mass is 379 g/mol. The van der Waals surface area contributed by atoms with Crippen LogP contribution in [-0.2, 0) is 12.8 Å². The third-order valence-corrected chi connectivity index (χ3v) is 6.24. The van der Waals surface area contributed by atoms with Crippen molar-refractivity contribution in [1.29, 1.82) is 0 Å². The summed E-state index contributed by atoms with van der Waals surface area (Å²) in [5.74, 6) is 1.88. The summed E-state index contributed by atoms with van der Waals surface area (Å²) in [5, 5.41) is 5.59. The Hall–Kier alpha value is -2.34. The summed E-state index contributed by atoms with van der Waals surface area (Å²) in [6.07, 6.45) is 6.06. The molecule has 4 rings (SSSR count). The van der Waals surface area contributed by atoms with Crippen molar-refractivity contribution < 1.29 is 0 Å². The van der Waals surface area contributed by atoms with E-state index in [1.807, 2.05) is 30.2 Å². The first-order valence-corrected chi connectivity index (χ1v) is 10.4. The molecule has 1 aromatic carbocycles. The van der Waals surface area contributed by atoms with Gasteiger partial charge < -0.3 is 4.90 Å². The number of aryl methyl sites for hydroxylation is 2. The molecule has 0 aliphatic carbocycles. The van der Waals surface area contributed by atoms with Gasteiger partial charge in [-0.1, -0.05) is 30.3 Å². The predicted molar refractivity (Wildman–Crippen MR) is 110 cm³/mol. The van der Waals surface area contributed by atoms with Gasteiger partial charge in [0, 0.05) is 30.6 Å². The molecule has 0 N–H and O–H groups in total. The molecular formula is C21H25N5S. The molecule has 1 aliphatic rings. The van der Waals surface area contributed by atoms with Gasteiger partial charge in [-0.15, -0.1) is 11.8 Å². The Balaban J connectivity index is 1.55. The Bertz CT molecular complexity index is 922. The van der Waals surface area contributed by atoms with Crippen molar-refractivity contribution in [3.8, 4) is 0 Å². The summed E-state index contributed by atoms with van der Waals surface area (Å²) in [4.78, 5) is 11.8. The molecule has 1 atom stereocenters. The van der Waals surface area contributed by atoms with E-state index < -0.39 is 0 Å². The fourth-order valence-corrected chi connectivity index (χ4v) is 4.69. The summed E-state index contributed by atoms with van der Waals surface area (Å²) in [7, 11) is 2.02. The third kappa shape index (κ3) is 3.72. The van der Waals surface area contributed by atoms with Gasteiger partial charge in [-0.25, -0.2) is 4.98 Å². The fraction of sp³-hybridized carbons (Fsp3) is 0.381. The van der Waals surface area contributed by atoms with Crippen LogP contribution in [0.4, 0.5) is 5.82 Å². The molecule has 0 amide bonds. The molecular weight excluding hydrogens is 354 g/mol. The molecule has 1 aliphatic heterocycles. The van der Waals surface area contributed by atoms with Crippen LogP contribution in [0.2, 0.25) is 0 Å². The summed E-state index contributed by atoms with van der Waals surface area (Å²) in [6.45, 7) is 5.28. The maximum atomic E-state index is 4.91. The molecule has 0 radical (unpaired) electrons. The second kappa shape index (κ2) is 7.72. The highest BCUT2D eigenvalue weighted by molar-refractivity contribution is 7.98. The smallest absolute Gasteiger partial charge is 0.148 e. The van der Waals surface area contributed by atoms with Gasteiger partial charge in [-0.2, -0.15) is 5.10 Å². The zero-order chi connectivity index (χ0) is 18.8. The normalized spacial score (nSPS) is 16.9. The van der Waals surface area contributed by atoms with Crippen LogP contribution in [-0.4, -0.2) is 26.3 Å². The second-order valence-electron chi connectivity index (χ2n) is 7.05. The van der Waals surface area contributed by atoms with E-state index in [4.69, 9.17) is 4.98 Å². The van der Waals surface area contributed by atoms with E-state index in [9.17, 15) is 0 Å². The van der Waals surface area contributed by atoms with E-state index >= 15 is 0 Å². The molecule has 0 saturated carbocycles. The Labute approximate surface area is 164 Å². The summed E-state index contributed by atoms with van der Waals surface area (Å²) < 4.78 is 1.99. The van der Waals surface area contributed by atoms with Gasteiger partial charge >= 0.3 is 0 Å². The van der Waals surface area contributed by atoms with Gasteiger partial charge in [-0.05, 0) is 32.3 Å². The lowest BCUT2D eigenvalue weighted by atomic mass is 10.0. The van der Waals surface area contributed by atoms with Crippen molar-refractivity contribution in [2.75, 3.05) is 11.4 Å². The topological polar surface area (TPSA) is 46.8 Å². The van der Waals surface area contributed by atoms with Gasteiger partial charge in [0.05, 0.1) is 24.1 Å². The number of anilines is 1. The average Bonchev–Trinajstić information content (AvgIpc) is 3.25. The van der Waals surface area contributed by atoms with Crippen molar-refractivity contribution >= 4 is 17.6 Å². The Morgan fingerprint density at radius 1 is 1.15 bits per heavy atom. The summed E-state index contributed by atoms with van der Waals surface area (Å²) in [5.41, 5.74) is 5.01. The maximum Gasteiger partial charge on any atom is 0.148 e.